The molecule has 2 aromatic heterocycles. The van der Waals surface area contributed by atoms with Crippen LogP contribution in [0.4, 0.5) is 0 Å². The summed E-state index contributed by atoms with van der Waals surface area (Å²) >= 11 is 3.52. The van der Waals surface area contributed by atoms with Crippen molar-refractivity contribution in [3.63, 3.8) is 0 Å². The van der Waals surface area contributed by atoms with Crippen molar-refractivity contribution in [3.05, 3.63) is 28.1 Å². The van der Waals surface area contributed by atoms with Gasteiger partial charge in [-0.15, -0.1) is 22.7 Å². The number of nitrogens with zero attached hydrogens (tertiary/aromatic N) is 1. The first-order valence-corrected chi connectivity index (χ1v) is 7.54. The topological polar surface area (TPSA) is 38.9 Å². The van der Waals surface area contributed by atoms with Gasteiger partial charge in [0, 0.05) is 10.9 Å². The molecule has 90 valence electrons. The van der Waals surface area contributed by atoms with Gasteiger partial charge in [-0.2, -0.15) is 0 Å². The highest BCUT2D eigenvalue weighted by Crippen LogP contribution is 2.44. The maximum atomic E-state index is 6.26. The number of nitrogens with two attached hydrogens (primary N) is 1. The largest absolute Gasteiger partial charge is 0.323 e. The number of rotatable bonds is 1. The van der Waals surface area contributed by atoms with Crippen LogP contribution >= 0.6 is 22.7 Å². The first-order chi connectivity index (χ1) is 8.05. The summed E-state index contributed by atoms with van der Waals surface area (Å²) in [6, 6.07) is 4.37. The van der Waals surface area contributed by atoms with Crippen LogP contribution in [0, 0.1) is 5.41 Å². The molecular weight excluding hydrogens is 248 g/mol. The second kappa shape index (κ2) is 3.90. The van der Waals surface area contributed by atoms with Gasteiger partial charge in [0.05, 0.1) is 10.6 Å². The standard InChI is InChI=1S/C13H16N2S2/c1-13(2)6-8(14)11-9(7-13)15-12(17-11)10-4-3-5-16-10/h3-5,8H,6-7,14H2,1-2H3. The van der Waals surface area contributed by atoms with E-state index in [-0.39, 0.29) is 11.5 Å². The summed E-state index contributed by atoms with van der Waals surface area (Å²) in [7, 11) is 0. The predicted octanol–water partition coefficient (Wildman–Crippen LogP) is 3.84. The van der Waals surface area contributed by atoms with Gasteiger partial charge in [0.25, 0.3) is 0 Å². The molecule has 1 aliphatic carbocycles. The second-order valence-electron chi connectivity index (χ2n) is 5.46. The van der Waals surface area contributed by atoms with Gasteiger partial charge in [-0.1, -0.05) is 19.9 Å². The summed E-state index contributed by atoms with van der Waals surface area (Å²) in [5, 5.41) is 3.23. The van der Waals surface area contributed by atoms with E-state index in [2.05, 4.69) is 31.4 Å². The second-order valence-corrected chi connectivity index (χ2v) is 7.44. The molecule has 1 atom stereocenters. The van der Waals surface area contributed by atoms with Crippen LogP contribution in [-0.2, 0) is 6.42 Å². The van der Waals surface area contributed by atoms with E-state index in [1.54, 1.807) is 22.7 Å². The summed E-state index contributed by atoms with van der Waals surface area (Å²) in [5.74, 6) is 0. The Kier molecular flexibility index (Phi) is 2.61. The molecule has 1 aliphatic rings. The van der Waals surface area contributed by atoms with Gasteiger partial charge in [0.1, 0.15) is 5.01 Å². The van der Waals surface area contributed by atoms with E-state index in [0.717, 1.165) is 17.8 Å². The van der Waals surface area contributed by atoms with Crippen molar-refractivity contribution >= 4 is 22.7 Å². The normalized spacial score (nSPS) is 22.4. The van der Waals surface area contributed by atoms with Crippen LogP contribution in [0.5, 0.6) is 0 Å². The lowest BCUT2D eigenvalue weighted by Gasteiger charge is -2.32. The Bertz CT molecular complexity index is 526. The lowest BCUT2D eigenvalue weighted by atomic mass is 9.77. The summed E-state index contributed by atoms with van der Waals surface area (Å²) in [6.07, 6.45) is 2.12. The van der Waals surface area contributed by atoms with Crippen molar-refractivity contribution in [2.24, 2.45) is 11.1 Å². The van der Waals surface area contributed by atoms with Crippen LogP contribution in [0.3, 0.4) is 0 Å². The van der Waals surface area contributed by atoms with E-state index in [1.165, 1.54) is 15.4 Å². The molecule has 0 saturated carbocycles. The fourth-order valence-corrected chi connectivity index (χ4v) is 4.38. The van der Waals surface area contributed by atoms with Crippen LogP contribution in [0.25, 0.3) is 9.88 Å². The smallest absolute Gasteiger partial charge is 0.133 e. The highest BCUT2D eigenvalue weighted by atomic mass is 32.1. The minimum atomic E-state index is 0.167. The minimum absolute atomic E-state index is 0.167. The number of fused-ring (bicyclic) bond motifs is 1. The number of hydrogen-bond acceptors (Lipinski definition) is 4. The quantitative estimate of drug-likeness (QED) is 0.850. The number of aromatic nitrogens is 1. The molecule has 0 aromatic carbocycles. The summed E-state index contributed by atoms with van der Waals surface area (Å²) in [5.41, 5.74) is 7.77. The lowest BCUT2D eigenvalue weighted by Crippen LogP contribution is -2.28. The molecule has 2 nitrogen and oxygen atoms in total. The van der Waals surface area contributed by atoms with Gasteiger partial charge in [-0.3, -0.25) is 0 Å². The molecule has 2 aromatic rings. The van der Waals surface area contributed by atoms with E-state index in [0.29, 0.717) is 0 Å². The molecule has 4 heteroatoms. The Hall–Kier alpha value is -0.710. The first kappa shape index (κ1) is 11.4. The predicted molar refractivity (Wildman–Crippen MR) is 74.5 cm³/mol. The number of hydrogen-bond donors (Lipinski definition) is 1. The molecule has 17 heavy (non-hydrogen) atoms. The van der Waals surface area contributed by atoms with E-state index in [4.69, 9.17) is 10.7 Å². The van der Waals surface area contributed by atoms with Crippen LogP contribution in [0.2, 0.25) is 0 Å². The van der Waals surface area contributed by atoms with Crippen molar-refractivity contribution in [2.75, 3.05) is 0 Å². The molecule has 1 unspecified atom stereocenters. The molecule has 3 rings (SSSR count). The number of thiophene rings is 1. The van der Waals surface area contributed by atoms with Gasteiger partial charge in [0.2, 0.25) is 0 Å². The van der Waals surface area contributed by atoms with Gasteiger partial charge >= 0.3 is 0 Å². The third-order valence-electron chi connectivity index (χ3n) is 3.21. The van der Waals surface area contributed by atoms with Gasteiger partial charge < -0.3 is 5.73 Å². The Labute approximate surface area is 110 Å². The van der Waals surface area contributed by atoms with Gasteiger partial charge in [-0.05, 0) is 29.7 Å². The molecular formula is C13H16N2S2. The average molecular weight is 264 g/mol. The molecule has 0 radical (unpaired) electrons. The SMILES string of the molecule is CC1(C)Cc2nc(-c3cccs3)sc2C(N)C1. The molecule has 0 spiro atoms. The average Bonchev–Trinajstić information content (AvgIpc) is 2.81. The van der Waals surface area contributed by atoms with Crippen molar-refractivity contribution in [3.8, 4) is 9.88 Å². The van der Waals surface area contributed by atoms with E-state index < -0.39 is 0 Å². The summed E-state index contributed by atoms with van der Waals surface area (Å²) in [6.45, 7) is 4.56. The monoisotopic (exact) mass is 264 g/mol. The van der Waals surface area contributed by atoms with Crippen LogP contribution in [0.15, 0.2) is 17.5 Å². The minimum Gasteiger partial charge on any atom is -0.323 e. The Morgan fingerprint density at radius 2 is 2.29 bits per heavy atom. The maximum Gasteiger partial charge on any atom is 0.133 e. The third kappa shape index (κ3) is 2.05. The highest BCUT2D eigenvalue weighted by molar-refractivity contribution is 7.21. The van der Waals surface area contributed by atoms with Crippen molar-refractivity contribution < 1.29 is 0 Å². The van der Waals surface area contributed by atoms with Crippen molar-refractivity contribution in [1.29, 1.82) is 0 Å². The lowest BCUT2D eigenvalue weighted by molar-refractivity contribution is 0.282. The first-order valence-electron chi connectivity index (χ1n) is 5.84. The zero-order chi connectivity index (χ0) is 12.0. The zero-order valence-corrected chi connectivity index (χ0v) is 11.7. The Balaban J connectivity index is 2.04. The molecule has 2 heterocycles. The molecule has 0 saturated heterocycles. The molecule has 0 aliphatic heterocycles. The summed E-state index contributed by atoms with van der Waals surface area (Å²) < 4.78 is 0. The molecule has 0 amide bonds. The van der Waals surface area contributed by atoms with E-state index in [9.17, 15) is 0 Å². The molecule has 2 N–H and O–H groups in total. The summed E-state index contributed by atoms with van der Waals surface area (Å²) in [4.78, 5) is 7.35. The molecule has 0 fully saturated rings. The zero-order valence-electron chi connectivity index (χ0n) is 10.1. The van der Waals surface area contributed by atoms with Gasteiger partial charge in [0.15, 0.2) is 0 Å². The number of thiazole rings is 1. The molecule has 0 bridgehead atoms. The van der Waals surface area contributed by atoms with Crippen molar-refractivity contribution in [1.82, 2.24) is 4.98 Å². The Morgan fingerprint density at radius 3 is 3.00 bits per heavy atom. The van der Waals surface area contributed by atoms with E-state index in [1.807, 2.05) is 0 Å². The highest BCUT2D eigenvalue weighted by Gasteiger charge is 2.33. The Morgan fingerprint density at radius 1 is 1.47 bits per heavy atom. The van der Waals surface area contributed by atoms with Crippen LogP contribution in [-0.4, -0.2) is 4.98 Å². The van der Waals surface area contributed by atoms with Crippen LogP contribution < -0.4 is 5.73 Å². The van der Waals surface area contributed by atoms with Gasteiger partial charge in [-0.25, -0.2) is 4.98 Å². The van der Waals surface area contributed by atoms with E-state index >= 15 is 0 Å². The third-order valence-corrected chi connectivity index (χ3v) is 5.48. The fourth-order valence-electron chi connectivity index (χ4n) is 2.50. The maximum absolute atomic E-state index is 6.26. The van der Waals surface area contributed by atoms with Crippen molar-refractivity contribution in [2.45, 2.75) is 32.7 Å². The van der Waals surface area contributed by atoms with Crippen LogP contribution in [0.1, 0.15) is 36.9 Å². The fraction of sp³-hybridized carbons (Fsp3) is 0.462.